The molecule has 0 aliphatic carbocycles. The van der Waals surface area contributed by atoms with Crippen molar-refractivity contribution < 1.29 is 4.99 Å². The van der Waals surface area contributed by atoms with Gasteiger partial charge in [0.15, 0.2) is 6.21 Å². The highest BCUT2D eigenvalue weighted by Crippen LogP contribution is 2.15. The number of benzene rings is 1. The summed E-state index contributed by atoms with van der Waals surface area (Å²) in [7, 11) is 0. The fourth-order valence-corrected chi connectivity index (χ4v) is 1.73. The van der Waals surface area contributed by atoms with Gasteiger partial charge in [-0.1, -0.05) is 15.9 Å². The van der Waals surface area contributed by atoms with Crippen LogP contribution in [0.15, 0.2) is 22.7 Å². The Morgan fingerprint density at radius 2 is 2.27 bits per heavy atom. The average molecular weight is 211 g/mol. The zero-order valence-electron chi connectivity index (χ0n) is 6.10. The molecule has 0 spiro atoms. The topological polar surface area (TPSA) is 14.0 Å². The summed E-state index contributed by atoms with van der Waals surface area (Å²) < 4.78 is 1.17. The van der Waals surface area contributed by atoms with Crippen LogP contribution >= 0.6 is 15.9 Å². The zero-order chi connectivity index (χ0) is 7.68. The largest absolute Gasteiger partial charge is 0.247 e. The lowest BCUT2D eigenvalue weighted by Gasteiger charge is -2.05. The number of halogens is 1. The van der Waals surface area contributed by atoms with E-state index in [1.165, 1.54) is 15.6 Å². The smallest absolute Gasteiger partial charge is 0.169 e. The van der Waals surface area contributed by atoms with Crippen LogP contribution in [0.1, 0.15) is 11.1 Å². The maximum atomic E-state index is 3.46. The van der Waals surface area contributed by atoms with Gasteiger partial charge in [0.2, 0.25) is 0 Å². The quantitative estimate of drug-likeness (QED) is 0.642. The predicted octanol–water partition coefficient (Wildman–Crippen LogP) is 0.505. The molecule has 1 heterocycles. The maximum absolute atomic E-state index is 3.46. The van der Waals surface area contributed by atoms with Gasteiger partial charge in [0, 0.05) is 16.5 Å². The summed E-state index contributed by atoms with van der Waals surface area (Å²) in [6.07, 6.45) is 3.20. The predicted molar refractivity (Wildman–Crippen MR) is 48.8 cm³/mol. The third kappa shape index (κ3) is 1.36. The van der Waals surface area contributed by atoms with Crippen molar-refractivity contribution in [2.75, 3.05) is 6.54 Å². The highest BCUT2D eigenvalue weighted by atomic mass is 79.9. The molecule has 0 fully saturated rings. The normalized spacial score (nSPS) is 14.6. The zero-order valence-corrected chi connectivity index (χ0v) is 7.69. The van der Waals surface area contributed by atoms with Gasteiger partial charge in [-0.25, -0.2) is 4.99 Å². The Labute approximate surface area is 74.3 Å². The van der Waals surface area contributed by atoms with Crippen molar-refractivity contribution in [3.63, 3.8) is 0 Å². The molecule has 1 aliphatic rings. The van der Waals surface area contributed by atoms with Gasteiger partial charge in [-0.3, -0.25) is 0 Å². The summed E-state index contributed by atoms with van der Waals surface area (Å²) in [5.74, 6) is 0. The molecule has 2 rings (SSSR count). The van der Waals surface area contributed by atoms with Crippen LogP contribution in [0.5, 0.6) is 0 Å². The van der Waals surface area contributed by atoms with E-state index in [-0.39, 0.29) is 0 Å². The molecule has 1 aromatic rings. The molecule has 1 nitrogen and oxygen atoms in total. The number of hydrogen-bond donors (Lipinski definition) is 1. The molecule has 0 atom stereocenters. The fourth-order valence-electron chi connectivity index (χ4n) is 1.32. The van der Waals surface area contributed by atoms with E-state index in [4.69, 9.17) is 0 Å². The summed E-state index contributed by atoms with van der Waals surface area (Å²) in [5, 5.41) is 0. The SMILES string of the molecule is Brc1ccc2c(c1)CC[NH+]=C2. The van der Waals surface area contributed by atoms with E-state index in [0.29, 0.717) is 0 Å². The van der Waals surface area contributed by atoms with Gasteiger partial charge in [-0.15, -0.1) is 0 Å². The van der Waals surface area contributed by atoms with Crippen molar-refractivity contribution >= 4 is 22.1 Å². The van der Waals surface area contributed by atoms with Gasteiger partial charge < -0.3 is 0 Å². The Morgan fingerprint density at radius 1 is 1.36 bits per heavy atom. The Balaban J connectivity index is 2.53. The molecule has 1 aliphatic heterocycles. The minimum atomic E-state index is 1.06. The van der Waals surface area contributed by atoms with Crippen LogP contribution in [0, 0.1) is 0 Å². The maximum Gasteiger partial charge on any atom is 0.169 e. The third-order valence-electron chi connectivity index (χ3n) is 1.90. The van der Waals surface area contributed by atoms with Crippen molar-refractivity contribution in [3.05, 3.63) is 33.8 Å². The van der Waals surface area contributed by atoms with Gasteiger partial charge in [0.05, 0.1) is 0 Å². The molecular formula is C9H9BrN+. The van der Waals surface area contributed by atoms with Crippen molar-refractivity contribution in [2.24, 2.45) is 0 Å². The summed E-state index contributed by atoms with van der Waals surface area (Å²) in [6.45, 7) is 1.06. The molecule has 0 amide bonds. The second kappa shape index (κ2) is 2.78. The average Bonchev–Trinajstić information content (AvgIpc) is 2.04. The highest BCUT2D eigenvalue weighted by molar-refractivity contribution is 9.10. The van der Waals surface area contributed by atoms with Gasteiger partial charge in [0.25, 0.3) is 0 Å². The minimum absolute atomic E-state index is 1.06. The van der Waals surface area contributed by atoms with Crippen LogP contribution < -0.4 is 4.99 Å². The fraction of sp³-hybridized carbons (Fsp3) is 0.222. The van der Waals surface area contributed by atoms with Crippen molar-refractivity contribution in [2.45, 2.75) is 6.42 Å². The lowest BCUT2D eigenvalue weighted by atomic mass is 10.0. The number of nitrogens with one attached hydrogen (secondary N) is 1. The van der Waals surface area contributed by atoms with Crippen molar-refractivity contribution in [3.8, 4) is 0 Å². The summed E-state index contributed by atoms with van der Waals surface area (Å²) in [6, 6.07) is 6.39. The van der Waals surface area contributed by atoms with Gasteiger partial charge >= 0.3 is 0 Å². The Morgan fingerprint density at radius 3 is 3.18 bits per heavy atom. The first kappa shape index (κ1) is 7.04. The van der Waals surface area contributed by atoms with Crippen molar-refractivity contribution in [1.29, 1.82) is 0 Å². The molecule has 2 heteroatoms. The number of rotatable bonds is 0. The monoisotopic (exact) mass is 210 g/mol. The number of hydrogen-bond acceptors (Lipinski definition) is 0. The van der Waals surface area contributed by atoms with E-state index in [1.807, 2.05) is 0 Å². The first-order valence-electron chi connectivity index (χ1n) is 3.71. The molecule has 0 aromatic heterocycles. The molecule has 11 heavy (non-hydrogen) atoms. The minimum Gasteiger partial charge on any atom is -0.247 e. The van der Waals surface area contributed by atoms with Crippen LogP contribution in [0.4, 0.5) is 0 Å². The highest BCUT2D eigenvalue weighted by Gasteiger charge is 2.07. The van der Waals surface area contributed by atoms with Crippen LogP contribution in [-0.2, 0) is 6.42 Å². The van der Waals surface area contributed by atoms with E-state index in [9.17, 15) is 0 Å². The first-order chi connectivity index (χ1) is 5.36. The molecule has 1 N–H and O–H groups in total. The van der Waals surface area contributed by atoms with E-state index < -0.39 is 0 Å². The molecule has 0 unspecified atom stereocenters. The standard InChI is InChI=1S/C9H8BrN/c10-9-2-1-8-6-11-4-3-7(8)5-9/h1-2,5-6H,3-4H2/p+1. The number of fused-ring (bicyclic) bond motifs is 1. The second-order valence-electron chi connectivity index (χ2n) is 2.69. The summed E-state index contributed by atoms with van der Waals surface area (Å²) in [5.41, 5.74) is 2.75. The van der Waals surface area contributed by atoms with Crippen LogP contribution in [0.25, 0.3) is 0 Å². The molecule has 1 aromatic carbocycles. The van der Waals surface area contributed by atoms with E-state index in [2.05, 4.69) is 45.3 Å². The molecule has 0 bridgehead atoms. The molecule has 0 saturated carbocycles. The van der Waals surface area contributed by atoms with E-state index in [1.54, 1.807) is 0 Å². The van der Waals surface area contributed by atoms with E-state index in [0.717, 1.165) is 13.0 Å². The molecule has 0 saturated heterocycles. The Hall–Kier alpha value is -0.630. The van der Waals surface area contributed by atoms with Gasteiger partial charge in [-0.2, -0.15) is 0 Å². The lowest BCUT2D eigenvalue weighted by molar-refractivity contribution is -0.452. The Bertz CT molecular complexity index is 304. The molecular weight excluding hydrogens is 202 g/mol. The van der Waals surface area contributed by atoms with E-state index >= 15 is 0 Å². The van der Waals surface area contributed by atoms with Gasteiger partial charge in [0.1, 0.15) is 6.54 Å². The summed E-state index contributed by atoms with van der Waals surface area (Å²) in [4.78, 5) is 3.22. The molecule has 56 valence electrons. The van der Waals surface area contributed by atoms with Crippen LogP contribution in [0.2, 0.25) is 0 Å². The summed E-state index contributed by atoms with van der Waals surface area (Å²) >= 11 is 3.46. The lowest BCUT2D eigenvalue weighted by Crippen LogP contribution is -2.71. The third-order valence-corrected chi connectivity index (χ3v) is 2.39. The Kier molecular flexibility index (Phi) is 1.78. The van der Waals surface area contributed by atoms with Crippen molar-refractivity contribution in [1.82, 2.24) is 0 Å². The van der Waals surface area contributed by atoms with Crippen LogP contribution in [-0.4, -0.2) is 12.8 Å². The molecule has 0 radical (unpaired) electrons. The second-order valence-corrected chi connectivity index (χ2v) is 3.61. The van der Waals surface area contributed by atoms with Gasteiger partial charge in [-0.05, 0) is 23.8 Å². The van der Waals surface area contributed by atoms with Crippen LogP contribution in [0.3, 0.4) is 0 Å². The first-order valence-corrected chi connectivity index (χ1v) is 4.50.